The summed E-state index contributed by atoms with van der Waals surface area (Å²) >= 11 is 5.96. The van der Waals surface area contributed by atoms with Crippen LogP contribution in [0.2, 0.25) is 5.02 Å². The number of hydrogen-bond acceptors (Lipinski definition) is 4. The molecule has 0 atom stereocenters. The summed E-state index contributed by atoms with van der Waals surface area (Å²) in [5, 5.41) is 5.22. The number of halogens is 1. The number of rotatable bonds is 5. The van der Waals surface area contributed by atoms with Crippen molar-refractivity contribution < 1.29 is 4.74 Å². The fourth-order valence-electron chi connectivity index (χ4n) is 3.39. The molecule has 0 bridgehead atoms. The van der Waals surface area contributed by atoms with E-state index in [1.807, 2.05) is 47.3 Å². The highest BCUT2D eigenvalue weighted by Crippen LogP contribution is 2.21. The monoisotopic (exact) mass is 382 g/mol. The Morgan fingerprint density at radius 1 is 0.926 bits per heavy atom. The van der Waals surface area contributed by atoms with Gasteiger partial charge < -0.3 is 9.64 Å². The standard InChI is InChI=1S/C21H23ClN4O/c1-27-21-8-6-19(7-9-21)25-12-10-24(11-13-25)15-17-14-23-26(16-17)20-4-2-18(22)3-5-20/h2-9,14,16H,10-13,15H2,1H3. The molecular formula is C21H23ClN4O. The van der Waals surface area contributed by atoms with Crippen LogP contribution in [-0.2, 0) is 6.54 Å². The summed E-state index contributed by atoms with van der Waals surface area (Å²) in [4.78, 5) is 4.90. The number of ether oxygens (including phenoxy) is 1. The van der Waals surface area contributed by atoms with Crippen molar-refractivity contribution in [2.24, 2.45) is 0 Å². The van der Waals surface area contributed by atoms with E-state index in [1.54, 1.807) is 7.11 Å². The molecule has 140 valence electrons. The molecule has 0 spiro atoms. The largest absolute Gasteiger partial charge is 0.497 e. The molecule has 27 heavy (non-hydrogen) atoms. The van der Waals surface area contributed by atoms with Gasteiger partial charge in [-0.3, -0.25) is 4.90 Å². The molecule has 0 aliphatic carbocycles. The topological polar surface area (TPSA) is 33.5 Å². The molecule has 1 saturated heterocycles. The Labute approximate surface area is 164 Å². The zero-order valence-corrected chi connectivity index (χ0v) is 16.1. The van der Waals surface area contributed by atoms with Gasteiger partial charge >= 0.3 is 0 Å². The van der Waals surface area contributed by atoms with E-state index in [9.17, 15) is 0 Å². The van der Waals surface area contributed by atoms with Crippen LogP contribution in [0, 0.1) is 0 Å². The van der Waals surface area contributed by atoms with Gasteiger partial charge in [-0.15, -0.1) is 0 Å². The third kappa shape index (κ3) is 4.26. The van der Waals surface area contributed by atoms with Crippen molar-refractivity contribution in [3.05, 3.63) is 71.5 Å². The third-order valence-corrected chi connectivity index (χ3v) is 5.20. The highest BCUT2D eigenvalue weighted by atomic mass is 35.5. The SMILES string of the molecule is COc1ccc(N2CCN(Cc3cnn(-c4ccc(Cl)cc4)c3)CC2)cc1. The van der Waals surface area contributed by atoms with Crippen molar-refractivity contribution >= 4 is 17.3 Å². The lowest BCUT2D eigenvalue weighted by Gasteiger charge is -2.36. The summed E-state index contributed by atoms with van der Waals surface area (Å²) in [6.45, 7) is 5.05. The van der Waals surface area contributed by atoms with Crippen LogP contribution < -0.4 is 9.64 Å². The van der Waals surface area contributed by atoms with Gasteiger partial charge in [0.2, 0.25) is 0 Å². The Morgan fingerprint density at radius 3 is 2.26 bits per heavy atom. The molecular weight excluding hydrogens is 360 g/mol. The first-order chi connectivity index (χ1) is 13.2. The molecule has 0 unspecified atom stereocenters. The number of nitrogens with zero attached hydrogens (tertiary/aromatic N) is 4. The minimum absolute atomic E-state index is 0.737. The molecule has 0 N–H and O–H groups in total. The fourth-order valence-corrected chi connectivity index (χ4v) is 3.52. The zero-order valence-electron chi connectivity index (χ0n) is 15.4. The van der Waals surface area contributed by atoms with Gasteiger partial charge in [-0.2, -0.15) is 5.10 Å². The molecule has 0 saturated carbocycles. The van der Waals surface area contributed by atoms with Gasteiger partial charge in [0, 0.05) is 55.2 Å². The quantitative estimate of drug-likeness (QED) is 0.671. The molecule has 2 aromatic carbocycles. The van der Waals surface area contributed by atoms with E-state index < -0.39 is 0 Å². The second kappa shape index (κ2) is 8.03. The van der Waals surface area contributed by atoms with Crippen LogP contribution >= 0.6 is 11.6 Å². The van der Waals surface area contributed by atoms with Crippen molar-refractivity contribution in [3.8, 4) is 11.4 Å². The normalized spacial score (nSPS) is 15.1. The van der Waals surface area contributed by atoms with E-state index in [2.05, 4.69) is 33.2 Å². The summed E-state index contributed by atoms with van der Waals surface area (Å²) in [5.74, 6) is 0.898. The van der Waals surface area contributed by atoms with Gasteiger partial charge in [0.05, 0.1) is 19.0 Å². The fraction of sp³-hybridized carbons (Fsp3) is 0.286. The summed E-state index contributed by atoms with van der Waals surface area (Å²) in [7, 11) is 1.70. The maximum Gasteiger partial charge on any atom is 0.119 e. The smallest absolute Gasteiger partial charge is 0.119 e. The molecule has 3 aromatic rings. The predicted molar refractivity (Wildman–Crippen MR) is 109 cm³/mol. The highest BCUT2D eigenvalue weighted by Gasteiger charge is 2.18. The number of aromatic nitrogens is 2. The summed E-state index contributed by atoms with van der Waals surface area (Å²) < 4.78 is 7.14. The summed E-state index contributed by atoms with van der Waals surface area (Å²) in [6, 6.07) is 16.0. The first kappa shape index (κ1) is 17.9. The first-order valence-electron chi connectivity index (χ1n) is 9.12. The van der Waals surface area contributed by atoms with Crippen molar-refractivity contribution in [2.45, 2.75) is 6.54 Å². The van der Waals surface area contributed by atoms with E-state index in [-0.39, 0.29) is 0 Å². The van der Waals surface area contributed by atoms with Crippen LogP contribution in [0.25, 0.3) is 5.69 Å². The molecule has 1 fully saturated rings. The molecule has 2 heterocycles. The number of benzene rings is 2. The van der Waals surface area contributed by atoms with Crippen molar-refractivity contribution in [1.82, 2.24) is 14.7 Å². The number of anilines is 1. The number of hydrogen-bond donors (Lipinski definition) is 0. The minimum atomic E-state index is 0.737. The van der Waals surface area contributed by atoms with E-state index in [0.29, 0.717) is 0 Å². The lowest BCUT2D eigenvalue weighted by Crippen LogP contribution is -2.45. The van der Waals surface area contributed by atoms with Crippen LogP contribution in [0.5, 0.6) is 5.75 Å². The molecule has 4 rings (SSSR count). The minimum Gasteiger partial charge on any atom is -0.497 e. The Kier molecular flexibility index (Phi) is 5.32. The molecule has 1 aromatic heterocycles. The highest BCUT2D eigenvalue weighted by molar-refractivity contribution is 6.30. The maximum atomic E-state index is 5.96. The van der Waals surface area contributed by atoms with E-state index in [4.69, 9.17) is 16.3 Å². The van der Waals surface area contributed by atoms with Crippen LogP contribution in [0.3, 0.4) is 0 Å². The van der Waals surface area contributed by atoms with Gasteiger partial charge in [0.25, 0.3) is 0 Å². The van der Waals surface area contributed by atoms with E-state index in [0.717, 1.165) is 49.2 Å². The van der Waals surface area contributed by atoms with Crippen LogP contribution in [0.15, 0.2) is 60.9 Å². The molecule has 6 heteroatoms. The average molecular weight is 383 g/mol. The lowest BCUT2D eigenvalue weighted by molar-refractivity contribution is 0.250. The molecule has 1 aliphatic heterocycles. The van der Waals surface area contributed by atoms with Gasteiger partial charge in [-0.1, -0.05) is 11.6 Å². The van der Waals surface area contributed by atoms with Gasteiger partial charge in [0.1, 0.15) is 5.75 Å². The second-order valence-corrected chi connectivity index (χ2v) is 7.17. The second-order valence-electron chi connectivity index (χ2n) is 6.73. The van der Waals surface area contributed by atoms with E-state index >= 15 is 0 Å². The lowest BCUT2D eigenvalue weighted by atomic mass is 10.2. The van der Waals surface area contributed by atoms with Crippen LogP contribution in [0.4, 0.5) is 5.69 Å². The molecule has 0 amide bonds. The Bertz CT molecular complexity index is 868. The molecule has 0 radical (unpaired) electrons. The maximum absolute atomic E-state index is 5.96. The number of piperazine rings is 1. The van der Waals surface area contributed by atoms with Crippen molar-refractivity contribution in [3.63, 3.8) is 0 Å². The van der Waals surface area contributed by atoms with Gasteiger partial charge in [-0.05, 0) is 48.5 Å². The average Bonchev–Trinajstić information content (AvgIpc) is 3.18. The van der Waals surface area contributed by atoms with Gasteiger partial charge in [0.15, 0.2) is 0 Å². The van der Waals surface area contributed by atoms with Crippen molar-refractivity contribution in [2.75, 3.05) is 38.2 Å². The Hall–Kier alpha value is -2.50. The molecule has 5 nitrogen and oxygen atoms in total. The summed E-state index contributed by atoms with van der Waals surface area (Å²) in [5.41, 5.74) is 3.50. The van der Waals surface area contributed by atoms with Crippen LogP contribution in [0.1, 0.15) is 5.56 Å². The Morgan fingerprint density at radius 2 is 1.59 bits per heavy atom. The molecule has 1 aliphatic rings. The first-order valence-corrected chi connectivity index (χ1v) is 9.50. The number of methoxy groups -OCH3 is 1. The van der Waals surface area contributed by atoms with E-state index in [1.165, 1.54) is 11.3 Å². The van der Waals surface area contributed by atoms with Crippen molar-refractivity contribution in [1.29, 1.82) is 0 Å². The summed E-state index contributed by atoms with van der Waals surface area (Å²) in [6.07, 6.45) is 4.05. The zero-order chi connectivity index (χ0) is 18.6. The third-order valence-electron chi connectivity index (χ3n) is 4.94. The van der Waals surface area contributed by atoms with Gasteiger partial charge in [-0.25, -0.2) is 4.68 Å². The van der Waals surface area contributed by atoms with Crippen LogP contribution in [-0.4, -0.2) is 48.0 Å². The Balaban J connectivity index is 1.33. The predicted octanol–water partition coefficient (Wildman–Crippen LogP) is 3.86.